The summed E-state index contributed by atoms with van der Waals surface area (Å²) in [5.41, 5.74) is 1.71. The van der Waals surface area contributed by atoms with Crippen molar-refractivity contribution in [1.29, 1.82) is 0 Å². The molecular weight excluding hydrogens is 373 g/mol. The maximum atomic E-state index is 13.3. The van der Waals surface area contributed by atoms with Crippen molar-refractivity contribution in [2.24, 2.45) is 0 Å². The van der Waals surface area contributed by atoms with Gasteiger partial charge >= 0.3 is 6.03 Å². The number of amides is 3. The molecule has 29 heavy (non-hydrogen) atoms. The van der Waals surface area contributed by atoms with Crippen molar-refractivity contribution in [3.05, 3.63) is 89.7 Å². The first kappa shape index (κ1) is 19.9. The molecule has 6 nitrogen and oxygen atoms in total. The molecule has 0 heterocycles. The summed E-state index contributed by atoms with van der Waals surface area (Å²) in [6, 6.07) is 18.4. The fourth-order valence-electron chi connectivity index (χ4n) is 2.70. The van der Waals surface area contributed by atoms with Crippen LogP contribution in [0.25, 0.3) is 0 Å². The molecule has 0 spiro atoms. The Hall–Kier alpha value is -3.87. The molecule has 0 aliphatic carbocycles. The number of hydrogen-bond donors (Lipinski definition) is 3. The number of rotatable bonds is 5. The zero-order valence-corrected chi connectivity index (χ0v) is 15.7. The normalized spacial score (nSPS) is 10.3. The van der Waals surface area contributed by atoms with E-state index in [1.807, 2.05) is 0 Å². The molecule has 3 rings (SSSR count). The Labute approximate surface area is 167 Å². The molecule has 3 N–H and O–H groups in total. The number of phenols is 1. The molecule has 3 aromatic rings. The second kappa shape index (κ2) is 8.88. The third kappa shape index (κ3) is 5.32. The van der Waals surface area contributed by atoms with Gasteiger partial charge in [-0.15, -0.1) is 0 Å². The van der Waals surface area contributed by atoms with Crippen LogP contribution < -0.4 is 10.6 Å². The quantitative estimate of drug-likeness (QED) is 0.599. The molecule has 0 radical (unpaired) electrons. The van der Waals surface area contributed by atoms with Gasteiger partial charge in [-0.05, 0) is 42.5 Å². The van der Waals surface area contributed by atoms with Crippen molar-refractivity contribution in [3.63, 3.8) is 0 Å². The smallest absolute Gasteiger partial charge is 0.321 e. The van der Waals surface area contributed by atoms with Gasteiger partial charge in [-0.3, -0.25) is 4.79 Å². The van der Waals surface area contributed by atoms with E-state index in [-0.39, 0.29) is 12.3 Å². The van der Waals surface area contributed by atoms with Crippen LogP contribution in [0.5, 0.6) is 5.75 Å². The van der Waals surface area contributed by atoms with Gasteiger partial charge in [0.25, 0.3) is 5.91 Å². The van der Waals surface area contributed by atoms with Crippen LogP contribution >= 0.6 is 0 Å². The number of nitrogens with one attached hydrogen (secondary N) is 2. The summed E-state index contributed by atoms with van der Waals surface area (Å²) in [5, 5.41) is 15.2. The summed E-state index contributed by atoms with van der Waals surface area (Å²) in [6.45, 7) is 0.220. The standard InChI is InChI=1S/C22H20FN3O3/c1-26(14-16-6-2-3-11-20(16)27)22(29)25-18-9-4-7-15(12-18)21(28)24-19-10-5-8-17(23)13-19/h2-13,27H,14H2,1H3,(H,24,28)(H,25,29). The minimum Gasteiger partial charge on any atom is -0.508 e. The zero-order chi connectivity index (χ0) is 20.8. The largest absolute Gasteiger partial charge is 0.508 e. The number of anilines is 2. The summed E-state index contributed by atoms with van der Waals surface area (Å²) in [7, 11) is 1.60. The minimum absolute atomic E-state index is 0.114. The average Bonchev–Trinajstić information content (AvgIpc) is 2.70. The van der Waals surface area contributed by atoms with Crippen LogP contribution in [0.2, 0.25) is 0 Å². The van der Waals surface area contributed by atoms with Crippen LogP contribution in [-0.2, 0) is 6.54 Å². The van der Waals surface area contributed by atoms with Crippen LogP contribution in [0.3, 0.4) is 0 Å². The lowest BCUT2D eigenvalue weighted by Crippen LogP contribution is -2.30. The zero-order valence-electron chi connectivity index (χ0n) is 15.7. The third-order valence-electron chi connectivity index (χ3n) is 4.20. The van der Waals surface area contributed by atoms with E-state index in [4.69, 9.17) is 0 Å². The highest BCUT2D eigenvalue weighted by atomic mass is 19.1. The molecule has 7 heteroatoms. The van der Waals surface area contributed by atoms with Crippen LogP contribution in [0, 0.1) is 5.82 Å². The Morgan fingerprint density at radius 1 is 0.931 bits per heavy atom. The van der Waals surface area contributed by atoms with Crippen LogP contribution in [0.15, 0.2) is 72.8 Å². The van der Waals surface area contributed by atoms with Crippen molar-refractivity contribution < 1.29 is 19.1 Å². The summed E-state index contributed by atoms with van der Waals surface area (Å²) in [5.74, 6) is -0.756. The Morgan fingerprint density at radius 3 is 2.34 bits per heavy atom. The van der Waals surface area contributed by atoms with E-state index in [0.717, 1.165) is 0 Å². The number of carbonyl (C=O) groups excluding carboxylic acids is 2. The van der Waals surface area contributed by atoms with Crippen molar-refractivity contribution in [3.8, 4) is 5.75 Å². The lowest BCUT2D eigenvalue weighted by Gasteiger charge is -2.19. The van der Waals surface area contributed by atoms with Gasteiger partial charge in [-0.1, -0.05) is 30.3 Å². The van der Waals surface area contributed by atoms with Crippen LogP contribution in [0.1, 0.15) is 15.9 Å². The van der Waals surface area contributed by atoms with Gasteiger partial charge in [0, 0.05) is 29.5 Å². The van der Waals surface area contributed by atoms with Gasteiger partial charge in [0.05, 0.1) is 6.54 Å². The molecule has 0 saturated heterocycles. The first-order valence-electron chi connectivity index (χ1n) is 8.88. The van der Waals surface area contributed by atoms with E-state index in [2.05, 4.69) is 10.6 Å². The predicted molar refractivity (Wildman–Crippen MR) is 109 cm³/mol. The Balaban J connectivity index is 1.65. The molecule has 0 bridgehead atoms. The Kier molecular flexibility index (Phi) is 6.09. The minimum atomic E-state index is -0.448. The first-order valence-corrected chi connectivity index (χ1v) is 8.88. The Bertz CT molecular complexity index is 1040. The van der Waals surface area contributed by atoms with E-state index >= 15 is 0 Å². The Morgan fingerprint density at radius 2 is 1.62 bits per heavy atom. The van der Waals surface area contributed by atoms with Crippen molar-refractivity contribution >= 4 is 23.3 Å². The highest BCUT2D eigenvalue weighted by molar-refractivity contribution is 6.05. The number of nitrogens with zero attached hydrogens (tertiary/aromatic N) is 1. The molecule has 148 valence electrons. The molecule has 0 saturated carbocycles. The van der Waals surface area contributed by atoms with Crippen LogP contribution in [0.4, 0.5) is 20.6 Å². The van der Waals surface area contributed by atoms with Gasteiger partial charge in [0.1, 0.15) is 11.6 Å². The van der Waals surface area contributed by atoms with E-state index in [9.17, 15) is 19.1 Å². The maximum absolute atomic E-state index is 13.3. The highest BCUT2D eigenvalue weighted by Gasteiger charge is 2.13. The molecule has 0 unspecified atom stereocenters. The summed E-state index contributed by atoms with van der Waals surface area (Å²) in [4.78, 5) is 26.2. The average molecular weight is 393 g/mol. The number of urea groups is 1. The van der Waals surface area contributed by atoms with Gasteiger partial charge < -0.3 is 20.6 Å². The number of carbonyl (C=O) groups is 2. The van der Waals surface area contributed by atoms with Crippen molar-refractivity contribution in [2.75, 3.05) is 17.7 Å². The fraction of sp³-hybridized carbons (Fsp3) is 0.0909. The highest BCUT2D eigenvalue weighted by Crippen LogP contribution is 2.18. The first-order chi connectivity index (χ1) is 13.9. The molecule has 0 aromatic heterocycles. The number of aromatic hydroxyl groups is 1. The van der Waals surface area contributed by atoms with Gasteiger partial charge in [0.2, 0.25) is 0 Å². The SMILES string of the molecule is CN(Cc1ccccc1O)C(=O)Nc1cccc(C(=O)Nc2cccc(F)c2)c1. The topological polar surface area (TPSA) is 81.7 Å². The van der Waals surface area contributed by atoms with E-state index in [1.165, 1.54) is 29.2 Å². The summed E-state index contributed by atoms with van der Waals surface area (Å²) in [6.07, 6.45) is 0. The predicted octanol–water partition coefficient (Wildman–Crippen LogP) is 4.45. The third-order valence-corrected chi connectivity index (χ3v) is 4.20. The summed E-state index contributed by atoms with van der Waals surface area (Å²) >= 11 is 0. The molecule has 0 atom stereocenters. The molecule has 0 aliphatic rings. The second-order valence-corrected chi connectivity index (χ2v) is 6.46. The fourth-order valence-corrected chi connectivity index (χ4v) is 2.70. The number of hydrogen-bond acceptors (Lipinski definition) is 3. The lowest BCUT2D eigenvalue weighted by atomic mass is 10.1. The monoisotopic (exact) mass is 393 g/mol. The molecule has 3 amide bonds. The molecular formula is C22H20FN3O3. The van der Waals surface area contributed by atoms with Crippen molar-refractivity contribution in [1.82, 2.24) is 4.90 Å². The van der Waals surface area contributed by atoms with Crippen LogP contribution in [-0.4, -0.2) is 29.0 Å². The molecule has 0 fully saturated rings. The van der Waals surface area contributed by atoms with E-state index < -0.39 is 17.8 Å². The number of para-hydroxylation sites is 1. The van der Waals surface area contributed by atoms with Crippen molar-refractivity contribution in [2.45, 2.75) is 6.54 Å². The second-order valence-electron chi connectivity index (χ2n) is 6.46. The van der Waals surface area contributed by atoms with Gasteiger partial charge in [-0.2, -0.15) is 0 Å². The lowest BCUT2D eigenvalue weighted by molar-refractivity contribution is 0.102. The summed E-state index contributed by atoms with van der Waals surface area (Å²) < 4.78 is 13.3. The number of halogens is 1. The van der Waals surface area contributed by atoms with Gasteiger partial charge in [-0.25, -0.2) is 9.18 Å². The molecule has 3 aromatic carbocycles. The number of phenolic OH excluding ortho intramolecular Hbond substituents is 1. The molecule has 0 aliphatic heterocycles. The van der Waals surface area contributed by atoms with E-state index in [1.54, 1.807) is 55.6 Å². The van der Waals surface area contributed by atoms with E-state index in [0.29, 0.717) is 22.5 Å². The number of benzene rings is 3. The van der Waals surface area contributed by atoms with Gasteiger partial charge in [0.15, 0.2) is 0 Å². The maximum Gasteiger partial charge on any atom is 0.321 e.